The normalized spacial score (nSPS) is 64.0. The molecule has 0 aromatic heterocycles. The molecule has 19 valence electrons. The van der Waals surface area contributed by atoms with Gasteiger partial charge in [0.2, 0.25) is 0 Å². The van der Waals surface area contributed by atoms with Crippen LogP contribution >= 0.6 is 0 Å². The molecule has 0 bridgehead atoms. The molecular formula is C3H4B. The first-order valence-electron chi connectivity index (χ1n) is 1.82. The molecule has 2 aliphatic rings. The van der Waals surface area contributed by atoms with Crippen molar-refractivity contribution in [2.75, 3.05) is 0 Å². The molecular weight excluding hydrogens is 46.8 g/mol. The second-order valence-electron chi connectivity index (χ2n) is 1.76. The first kappa shape index (κ1) is 1.49. The zero-order valence-corrected chi connectivity index (χ0v) is 2.44. The molecule has 1 saturated heterocycles. The van der Waals surface area contributed by atoms with E-state index >= 15 is 0 Å². The summed E-state index contributed by atoms with van der Waals surface area (Å²) < 4.78 is 0. The lowest BCUT2D eigenvalue weighted by molar-refractivity contribution is 1.41. The molecule has 2 rings (SSSR count). The second kappa shape index (κ2) is 0.201. The number of fused-ring (bicyclic) bond motifs is 1. The van der Waals surface area contributed by atoms with E-state index in [9.17, 15) is 0 Å². The van der Waals surface area contributed by atoms with Gasteiger partial charge in [0.05, 0.1) is 0 Å². The van der Waals surface area contributed by atoms with Gasteiger partial charge in [-0.2, -0.15) is 0 Å². The minimum Gasteiger partial charge on any atom is -0.0732 e. The fourth-order valence-corrected chi connectivity index (χ4v) is 0.450. The Labute approximate surface area is 26.4 Å². The van der Waals surface area contributed by atoms with Gasteiger partial charge in [0.15, 0.2) is 0 Å². The Bertz CT molecular complexity index is 39.2. The van der Waals surface area contributed by atoms with Crippen LogP contribution in [0.4, 0.5) is 0 Å². The summed E-state index contributed by atoms with van der Waals surface area (Å²) >= 11 is 0. The summed E-state index contributed by atoms with van der Waals surface area (Å²) in [6, 6.07) is 0. The zero-order valence-electron chi connectivity index (χ0n) is 2.44. The zero-order chi connectivity index (χ0) is 2.57. The van der Waals surface area contributed by atoms with Crippen LogP contribution in [0.5, 0.6) is 0 Å². The van der Waals surface area contributed by atoms with Crippen molar-refractivity contribution in [1.29, 1.82) is 0 Å². The van der Waals surface area contributed by atoms with Crippen molar-refractivity contribution in [3.05, 3.63) is 0 Å². The molecule has 2 unspecified atom stereocenters. The molecule has 1 heteroatoms. The molecule has 1 radical (unpaired) electrons. The highest BCUT2D eigenvalue weighted by atomic mass is 14.4. The van der Waals surface area contributed by atoms with Crippen LogP contribution in [0.3, 0.4) is 0 Å². The van der Waals surface area contributed by atoms with Gasteiger partial charge in [-0.15, -0.1) is 0 Å². The van der Waals surface area contributed by atoms with Crippen molar-refractivity contribution in [3.63, 3.8) is 0 Å². The van der Waals surface area contributed by atoms with E-state index in [2.05, 4.69) is 7.28 Å². The van der Waals surface area contributed by atoms with Crippen LogP contribution in [0, 0.1) is 0 Å². The maximum Gasteiger partial charge on any atom is 0.116 e. The van der Waals surface area contributed by atoms with Crippen molar-refractivity contribution >= 4 is 7.28 Å². The predicted molar refractivity (Wildman–Crippen MR) is 17.9 cm³/mol. The Morgan fingerprint density at radius 3 is 1.75 bits per heavy atom. The Kier molecular flexibility index (Phi) is 0.0748. The number of rotatable bonds is 0. The predicted octanol–water partition coefficient (Wildman–Crippen LogP) is 0.685. The van der Waals surface area contributed by atoms with Crippen LogP contribution in [0.1, 0.15) is 6.42 Å². The van der Waals surface area contributed by atoms with E-state index in [-0.39, 0.29) is 0 Å². The number of hydrogen-bond acceptors (Lipinski definition) is 0. The average molecular weight is 50.9 g/mol. The van der Waals surface area contributed by atoms with Crippen LogP contribution in [-0.2, 0) is 0 Å². The molecule has 0 aromatic rings. The van der Waals surface area contributed by atoms with Gasteiger partial charge in [0.1, 0.15) is 7.28 Å². The summed E-state index contributed by atoms with van der Waals surface area (Å²) in [6.07, 6.45) is 1.53. The first-order valence-corrected chi connectivity index (χ1v) is 1.82. The second-order valence-corrected chi connectivity index (χ2v) is 1.76. The van der Waals surface area contributed by atoms with Crippen molar-refractivity contribution in [2.45, 2.75) is 18.1 Å². The summed E-state index contributed by atoms with van der Waals surface area (Å²) in [5, 5.41) is 0. The van der Waals surface area contributed by atoms with E-state index < -0.39 is 0 Å². The third kappa shape index (κ3) is 0.0360. The van der Waals surface area contributed by atoms with E-state index in [4.69, 9.17) is 0 Å². The minimum absolute atomic E-state index is 1.12. The lowest BCUT2D eigenvalue weighted by Gasteiger charge is -1.58. The summed E-state index contributed by atoms with van der Waals surface area (Å²) in [6.45, 7) is 0. The van der Waals surface area contributed by atoms with E-state index in [1.165, 1.54) is 6.42 Å². The topological polar surface area (TPSA) is 0 Å². The SMILES string of the molecule is [B]1C2CC12. The standard InChI is InChI=1S/C3H4B/c1-2-3(1)4-2/h2-3H,1H2. The van der Waals surface area contributed by atoms with E-state index in [1.807, 2.05) is 0 Å². The Balaban J connectivity index is 2.48. The molecule has 0 aromatic carbocycles. The van der Waals surface area contributed by atoms with Crippen LogP contribution in [0.15, 0.2) is 0 Å². The third-order valence-corrected chi connectivity index (χ3v) is 1.24. The largest absolute Gasteiger partial charge is 0.116 e. The van der Waals surface area contributed by atoms with Gasteiger partial charge in [-0.3, -0.25) is 0 Å². The monoisotopic (exact) mass is 51.0 g/mol. The first-order chi connectivity index (χ1) is 1.97. The summed E-state index contributed by atoms with van der Waals surface area (Å²) in [4.78, 5) is 0. The van der Waals surface area contributed by atoms with Gasteiger partial charge in [-0.1, -0.05) is 18.1 Å². The number of hydrogen-bond donors (Lipinski definition) is 0. The minimum atomic E-state index is 1.12. The van der Waals surface area contributed by atoms with Crippen molar-refractivity contribution in [2.24, 2.45) is 0 Å². The van der Waals surface area contributed by atoms with Gasteiger partial charge in [0, 0.05) is 0 Å². The van der Waals surface area contributed by atoms with E-state index in [0.29, 0.717) is 0 Å². The van der Waals surface area contributed by atoms with Gasteiger partial charge in [0.25, 0.3) is 0 Å². The molecule has 0 amide bonds. The molecule has 1 aliphatic heterocycles. The van der Waals surface area contributed by atoms with Crippen molar-refractivity contribution in [3.8, 4) is 0 Å². The summed E-state index contributed by atoms with van der Waals surface area (Å²) in [7, 11) is 2.39. The maximum absolute atomic E-state index is 2.39. The summed E-state index contributed by atoms with van der Waals surface area (Å²) in [5.74, 6) is 2.25. The molecule has 1 saturated carbocycles. The Morgan fingerprint density at radius 2 is 1.75 bits per heavy atom. The van der Waals surface area contributed by atoms with Crippen LogP contribution < -0.4 is 0 Å². The van der Waals surface area contributed by atoms with Crippen LogP contribution in [0.25, 0.3) is 0 Å². The van der Waals surface area contributed by atoms with E-state index in [0.717, 1.165) is 11.6 Å². The third-order valence-electron chi connectivity index (χ3n) is 1.24. The van der Waals surface area contributed by atoms with Crippen LogP contribution in [-0.4, -0.2) is 7.28 Å². The van der Waals surface area contributed by atoms with Gasteiger partial charge in [-0.25, -0.2) is 0 Å². The van der Waals surface area contributed by atoms with Gasteiger partial charge < -0.3 is 0 Å². The highest BCUT2D eigenvalue weighted by Gasteiger charge is 2.53. The highest BCUT2D eigenvalue weighted by Crippen LogP contribution is 2.67. The Hall–Kier alpha value is 0.0649. The lowest BCUT2D eigenvalue weighted by atomic mass is 9.89. The molecule has 0 N–H and O–H groups in total. The Morgan fingerprint density at radius 1 is 1.50 bits per heavy atom. The molecule has 0 spiro atoms. The lowest BCUT2D eigenvalue weighted by Crippen LogP contribution is -1.59. The maximum atomic E-state index is 2.39. The van der Waals surface area contributed by atoms with Crippen molar-refractivity contribution in [1.82, 2.24) is 0 Å². The van der Waals surface area contributed by atoms with E-state index in [1.54, 1.807) is 0 Å². The molecule has 2 atom stereocenters. The average Bonchev–Trinajstić information content (AvgIpc) is 1.36. The van der Waals surface area contributed by atoms with Crippen LogP contribution in [0.2, 0.25) is 11.6 Å². The molecule has 1 aliphatic carbocycles. The van der Waals surface area contributed by atoms with Gasteiger partial charge >= 0.3 is 0 Å². The summed E-state index contributed by atoms with van der Waals surface area (Å²) in [5.41, 5.74) is 0. The quantitative estimate of drug-likeness (QED) is 0.355. The highest BCUT2D eigenvalue weighted by molar-refractivity contribution is 6.59. The van der Waals surface area contributed by atoms with Gasteiger partial charge in [-0.05, 0) is 0 Å². The fraction of sp³-hybridized carbons (Fsp3) is 1.00. The smallest absolute Gasteiger partial charge is 0.0732 e. The molecule has 0 nitrogen and oxygen atoms in total. The molecule has 1 heterocycles. The molecule has 4 heavy (non-hydrogen) atoms. The van der Waals surface area contributed by atoms with Crippen molar-refractivity contribution < 1.29 is 0 Å². The fourth-order valence-electron chi connectivity index (χ4n) is 0.450. The molecule has 2 fully saturated rings.